The smallest absolute Gasteiger partial charge is 0.243 e. The number of nitrogens with one attached hydrogen (secondary N) is 1. The van der Waals surface area contributed by atoms with Crippen LogP contribution < -0.4 is 19.5 Å². The van der Waals surface area contributed by atoms with Gasteiger partial charge in [0.1, 0.15) is 5.75 Å². The fourth-order valence-electron chi connectivity index (χ4n) is 3.35. The molecule has 2 aliphatic rings. The normalized spacial score (nSPS) is 20.1. The summed E-state index contributed by atoms with van der Waals surface area (Å²) in [7, 11) is -2.11. The number of nitrogens with zero attached hydrogens (tertiary/aromatic N) is 1. The highest BCUT2D eigenvalue weighted by molar-refractivity contribution is 7.89. The van der Waals surface area contributed by atoms with Gasteiger partial charge in [-0.2, -0.15) is 4.31 Å². The lowest BCUT2D eigenvalue weighted by atomic mass is 10.0. The number of para-hydroxylation sites is 1. The summed E-state index contributed by atoms with van der Waals surface area (Å²) in [6.07, 6.45) is 0. The topological polar surface area (TPSA) is 77.1 Å². The zero-order valence-electron chi connectivity index (χ0n) is 14.3. The van der Waals surface area contributed by atoms with Crippen LogP contribution in [0, 0.1) is 0 Å². The van der Waals surface area contributed by atoms with Crippen molar-refractivity contribution < 1.29 is 22.6 Å². The van der Waals surface area contributed by atoms with E-state index < -0.39 is 10.0 Å². The number of rotatable bonds is 4. The number of fused-ring (bicyclic) bond motifs is 1. The Kier molecular flexibility index (Phi) is 4.47. The maximum atomic E-state index is 13.3. The SMILES string of the molecule is COc1ccccc1C1CNCCN1S(=O)(=O)c1ccc2c(c1)OCO2. The molecular formula is C18H20N2O5S. The van der Waals surface area contributed by atoms with Crippen molar-refractivity contribution in [3.05, 3.63) is 48.0 Å². The zero-order chi connectivity index (χ0) is 18.1. The van der Waals surface area contributed by atoms with Crippen molar-refractivity contribution in [1.82, 2.24) is 9.62 Å². The first kappa shape index (κ1) is 17.1. The summed E-state index contributed by atoms with van der Waals surface area (Å²) in [6, 6.07) is 11.9. The van der Waals surface area contributed by atoms with E-state index >= 15 is 0 Å². The van der Waals surface area contributed by atoms with Gasteiger partial charge in [0.2, 0.25) is 16.8 Å². The van der Waals surface area contributed by atoms with E-state index in [2.05, 4.69) is 5.32 Å². The molecule has 138 valence electrons. The third-order valence-electron chi connectivity index (χ3n) is 4.64. The molecule has 1 fully saturated rings. The number of hydrogen-bond acceptors (Lipinski definition) is 6. The van der Waals surface area contributed by atoms with E-state index in [9.17, 15) is 8.42 Å². The molecule has 0 radical (unpaired) electrons. The Balaban J connectivity index is 1.73. The van der Waals surface area contributed by atoms with Crippen molar-refractivity contribution in [2.75, 3.05) is 33.5 Å². The highest BCUT2D eigenvalue weighted by Crippen LogP contribution is 2.38. The molecule has 2 heterocycles. The summed E-state index contributed by atoms with van der Waals surface area (Å²) in [5.74, 6) is 1.69. The molecule has 0 spiro atoms. The van der Waals surface area contributed by atoms with Crippen LogP contribution >= 0.6 is 0 Å². The molecule has 0 aromatic heterocycles. The van der Waals surface area contributed by atoms with Crippen LogP contribution in [0.3, 0.4) is 0 Å². The predicted molar refractivity (Wildman–Crippen MR) is 95.1 cm³/mol. The average molecular weight is 376 g/mol. The number of piperazine rings is 1. The van der Waals surface area contributed by atoms with Gasteiger partial charge in [-0.1, -0.05) is 18.2 Å². The lowest BCUT2D eigenvalue weighted by Crippen LogP contribution is -2.48. The molecule has 1 unspecified atom stereocenters. The van der Waals surface area contributed by atoms with Crippen LogP contribution in [0.25, 0.3) is 0 Å². The largest absolute Gasteiger partial charge is 0.496 e. The minimum absolute atomic E-state index is 0.107. The average Bonchev–Trinajstić information content (AvgIpc) is 3.16. The van der Waals surface area contributed by atoms with Crippen molar-refractivity contribution in [3.8, 4) is 17.2 Å². The lowest BCUT2D eigenvalue weighted by Gasteiger charge is -2.36. The van der Waals surface area contributed by atoms with E-state index in [0.29, 0.717) is 36.9 Å². The maximum absolute atomic E-state index is 13.3. The molecule has 1 saturated heterocycles. The van der Waals surface area contributed by atoms with E-state index in [1.54, 1.807) is 19.2 Å². The third-order valence-corrected chi connectivity index (χ3v) is 6.55. The van der Waals surface area contributed by atoms with Crippen LogP contribution in [0.1, 0.15) is 11.6 Å². The fraction of sp³-hybridized carbons (Fsp3) is 0.333. The van der Waals surface area contributed by atoms with Gasteiger partial charge in [0.15, 0.2) is 11.5 Å². The minimum atomic E-state index is -3.70. The van der Waals surface area contributed by atoms with Crippen molar-refractivity contribution in [1.29, 1.82) is 0 Å². The minimum Gasteiger partial charge on any atom is -0.496 e. The van der Waals surface area contributed by atoms with Crippen LogP contribution in [0.2, 0.25) is 0 Å². The van der Waals surface area contributed by atoms with Gasteiger partial charge in [0.05, 0.1) is 18.0 Å². The highest BCUT2D eigenvalue weighted by atomic mass is 32.2. The summed E-state index contributed by atoms with van der Waals surface area (Å²) in [6.45, 7) is 1.59. The molecule has 8 heteroatoms. The quantitative estimate of drug-likeness (QED) is 0.876. The van der Waals surface area contributed by atoms with Gasteiger partial charge in [0, 0.05) is 31.3 Å². The number of ether oxygens (including phenoxy) is 3. The Bertz CT molecular complexity index is 916. The molecule has 1 atom stereocenters. The molecule has 0 saturated carbocycles. The van der Waals surface area contributed by atoms with Gasteiger partial charge < -0.3 is 19.5 Å². The lowest BCUT2D eigenvalue weighted by molar-refractivity contribution is 0.174. The molecule has 2 aromatic rings. The first-order valence-corrected chi connectivity index (χ1v) is 9.80. The van der Waals surface area contributed by atoms with Crippen LogP contribution in [-0.4, -0.2) is 46.3 Å². The van der Waals surface area contributed by atoms with Crippen LogP contribution in [0.5, 0.6) is 17.2 Å². The molecular weight excluding hydrogens is 356 g/mol. The predicted octanol–water partition coefficient (Wildman–Crippen LogP) is 1.76. The van der Waals surface area contributed by atoms with Gasteiger partial charge in [-0.05, 0) is 18.2 Å². The molecule has 0 amide bonds. The molecule has 26 heavy (non-hydrogen) atoms. The summed E-state index contributed by atoms with van der Waals surface area (Å²) in [5.41, 5.74) is 0.839. The molecule has 0 aliphatic carbocycles. The number of hydrogen-bond donors (Lipinski definition) is 1. The van der Waals surface area contributed by atoms with E-state index in [-0.39, 0.29) is 17.7 Å². The molecule has 4 rings (SSSR count). The molecule has 7 nitrogen and oxygen atoms in total. The van der Waals surface area contributed by atoms with Crippen molar-refractivity contribution in [2.24, 2.45) is 0 Å². The maximum Gasteiger partial charge on any atom is 0.243 e. The first-order chi connectivity index (χ1) is 12.6. The second-order valence-corrected chi connectivity index (χ2v) is 7.98. The Morgan fingerprint density at radius 1 is 1.15 bits per heavy atom. The number of benzene rings is 2. The Morgan fingerprint density at radius 2 is 1.96 bits per heavy atom. The summed E-state index contributed by atoms with van der Waals surface area (Å²) in [4.78, 5) is 0.198. The number of methoxy groups -OCH3 is 1. The van der Waals surface area contributed by atoms with Gasteiger partial charge in [-0.3, -0.25) is 0 Å². The Hall–Kier alpha value is -2.29. The van der Waals surface area contributed by atoms with Crippen LogP contribution in [-0.2, 0) is 10.0 Å². The third kappa shape index (κ3) is 2.90. The van der Waals surface area contributed by atoms with E-state index in [1.807, 2.05) is 24.3 Å². The summed E-state index contributed by atoms with van der Waals surface area (Å²) < 4.78 is 44.2. The van der Waals surface area contributed by atoms with Crippen LogP contribution in [0.4, 0.5) is 0 Å². The molecule has 1 N–H and O–H groups in total. The zero-order valence-corrected chi connectivity index (χ0v) is 15.2. The van der Waals surface area contributed by atoms with Gasteiger partial charge in [-0.15, -0.1) is 0 Å². The summed E-state index contributed by atoms with van der Waals surface area (Å²) in [5, 5.41) is 3.27. The van der Waals surface area contributed by atoms with Crippen molar-refractivity contribution in [2.45, 2.75) is 10.9 Å². The summed E-state index contributed by atoms with van der Waals surface area (Å²) >= 11 is 0. The van der Waals surface area contributed by atoms with Gasteiger partial charge in [0.25, 0.3) is 0 Å². The highest BCUT2D eigenvalue weighted by Gasteiger charge is 2.36. The van der Waals surface area contributed by atoms with E-state index in [1.165, 1.54) is 10.4 Å². The standard InChI is InChI=1S/C18H20N2O5S/c1-23-16-5-3-2-4-14(16)15-11-19-8-9-20(15)26(21,22)13-6-7-17-18(10-13)25-12-24-17/h2-7,10,15,19H,8-9,11-12H2,1H3. The fourth-order valence-corrected chi connectivity index (χ4v) is 4.97. The van der Waals surface area contributed by atoms with E-state index in [0.717, 1.165) is 5.56 Å². The first-order valence-electron chi connectivity index (χ1n) is 8.36. The molecule has 2 aliphatic heterocycles. The van der Waals surface area contributed by atoms with E-state index in [4.69, 9.17) is 14.2 Å². The monoisotopic (exact) mass is 376 g/mol. The van der Waals surface area contributed by atoms with Gasteiger partial charge >= 0.3 is 0 Å². The van der Waals surface area contributed by atoms with Crippen LogP contribution in [0.15, 0.2) is 47.4 Å². The Labute approximate surface area is 152 Å². The Morgan fingerprint density at radius 3 is 2.81 bits per heavy atom. The molecule has 2 aromatic carbocycles. The second kappa shape index (κ2) is 6.79. The molecule has 0 bridgehead atoms. The van der Waals surface area contributed by atoms with Crippen molar-refractivity contribution in [3.63, 3.8) is 0 Å². The second-order valence-electron chi connectivity index (χ2n) is 6.09. The van der Waals surface area contributed by atoms with Gasteiger partial charge in [-0.25, -0.2) is 8.42 Å². The van der Waals surface area contributed by atoms with Crippen molar-refractivity contribution >= 4 is 10.0 Å². The number of sulfonamides is 1.